The van der Waals surface area contributed by atoms with Gasteiger partial charge in [0.15, 0.2) is 0 Å². The van der Waals surface area contributed by atoms with Crippen LogP contribution in [0.1, 0.15) is 17.4 Å². The molecule has 1 aromatic heterocycles. The zero-order valence-electron chi connectivity index (χ0n) is 8.30. The molecule has 1 amide bonds. The van der Waals surface area contributed by atoms with Crippen molar-refractivity contribution >= 4 is 23.1 Å². The zero-order valence-corrected chi connectivity index (χ0v) is 9.12. The zero-order chi connectivity index (χ0) is 11.3. The molecule has 0 radical (unpaired) electrons. The van der Waals surface area contributed by atoms with Crippen LogP contribution >= 0.6 is 12.2 Å². The lowest BCUT2D eigenvalue weighted by Gasteiger charge is -2.10. The van der Waals surface area contributed by atoms with Gasteiger partial charge in [-0.3, -0.25) is 9.78 Å². The summed E-state index contributed by atoms with van der Waals surface area (Å²) in [4.78, 5) is 19.5. The minimum atomic E-state index is -0.272. The first-order valence-corrected chi connectivity index (χ1v) is 4.85. The summed E-state index contributed by atoms with van der Waals surface area (Å²) >= 11 is 4.79. The number of aromatic nitrogens is 2. The van der Waals surface area contributed by atoms with Gasteiger partial charge in [-0.15, -0.1) is 0 Å². The number of carbonyl (C=O) groups is 1. The van der Waals surface area contributed by atoms with E-state index in [0.717, 1.165) is 0 Å². The third-order valence-corrected chi connectivity index (χ3v) is 2.25. The van der Waals surface area contributed by atoms with Crippen molar-refractivity contribution in [1.29, 1.82) is 0 Å². The third kappa shape index (κ3) is 3.59. The lowest BCUT2D eigenvalue weighted by atomic mass is 10.2. The molecule has 3 N–H and O–H groups in total. The van der Waals surface area contributed by atoms with Crippen molar-refractivity contribution in [3.8, 4) is 0 Å². The van der Waals surface area contributed by atoms with Crippen molar-refractivity contribution in [3.63, 3.8) is 0 Å². The van der Waals surface area contributed by atoms with Crippen molar-refractivity contribution in [2.75, 3.05) is 6.54 Å². The van der Waals surface area contributed by atoms with E-state index in [4.69, 9.17) is 18.0 Å². The second-order valence-corrected chi connectivity index (χ2v) is 3.58. The van der Waals surface area contributed by atoms with Crippen molar-refractivity contribution in [1.82, 2.24) is 15.3 Å². The first kappa shape index (κ1) is 11.5. The molecule has 0 aliphatic rings. The maximum absolute atomic E-state index is 11.5. The van der Waals surface area contributed by atoms with Gasteiger partial charge < -0.3 is 11.1 Å². The number of hydrogen-bond acceptors (Lipinski definition) is 4. The molecule has 0 fully saturated rings. The Morgan fingerprint density at radius 2 is 2.40 bits per heavy atom. The first-order valence-electron chi connectivity index (χ1n) is 4.44. The predicted octanol–water partition coefficient (Wildman–Crippen LogP) is 0.129. The van der Waals surface area contributed by atoms with Crippen molar-refractivity contribution < 1.29 is 4.79 Å². The number of nitrogens with one attached hydrogen (secondary N) is 1. The summed E-state index contributed by atoms with van der Waals surface area (Å²) in [6.45, 7) is 2.25. The fourth-order valence-electron chi connectivity index (χ4n) is 0.853. The quantitative estimate of drug-likeness (QED) is 0.710. The van der Waals surface area contributed by atoms with Gasteiger partial charge in [-0.25, -0.2) is 4.98 Å². The maximum atomic E-state index is 11.5. The molecular weight excluding hydrogens is 212 g/mol. The Balaban J connectivity index is 2.47. The van der Waals surface area contributed by atoms with Gasteiger partial charge in [0, 0.05) is 24.9 Å². The number of carbonyl (C=O) groups excluding carboxylic acids is 1. The van der Waals surface area contributed by atoms with Crippen LogP contribution in [0.5, 0.6) is 0 Å². The highest BCUT2D eigenvalue weighted by Gasteiger charge is 2.09. The van der Waals surface area contributed by atoms with Gasteiger partial charge >= 0.3 is 0 Å². The number of nitrogens with two attached hydrogens (primary N) is 1. The summed E-state index contributed by atoms with van der Waals surface area (Å²) in [5, 5.41) is 2.67. The molecule has 6 heteroatoms. The lowest BCUT2D eigenvalue weighted by Crippen LogP contribution is -2.34. The Kier molecular flexibility index (Phi) is 4.11. The molecule has 80 valence electrons. The molecule has 0 aliphatic carbocycles. The number of amides is 1. The van der Waals surface area contributed by atoms with Gasteiger partial charge in [0.05, 0.1) is 11.2 Å². The van der Waals surface area contributed by atoms with Crippen LogP contribution in [0.4, 0.5) is 0 Å². The van der Waals surface area contributed by atoms with Crippen LogP contribution < -0.4 is 11.1 Å². The number of thiocarbonyl (C=S) groups is 1. The standard InChI is InChI=1S/C9H12N4OS/c1-6(8(10)15)4-13-9(14)7-5-11-2-3-12-7/h2-3,5-6H,4H2,1H3,(H2,10,15)(H,13,14). The summed E-state index contributed by atoms with van der Waals surface area (Å²) in [7, 11) is 0. The van der Waals surface area contributed by atoms with E-state index in [1.165, 1.54) is 18.6 Å². The molecule has 1 rings (SSSR count). The Morgan fingerprint density at radius 1 is 1.67 bits per heavy atom. The van der Waals surface area contributed by atoms with Crippen LogP contribution in [-0.2, 0) is 0 Å². The van der Waals surface area contributed by atoms with E-state index < -0.39 is 0 Å². The minimum Gasteiger partial charge on any atom is -0.393 e. The largest absolute Gasteiger partial charge is 0.393 e. The molecular formula is C9H12N4OS. The smallest absolute Gasteiger partial charge is 0.271 e. The van der Waals surface area contributed by atoms with Gasteiger partial charge in [-0.1, -0.05) is 19.1 Å². The summed E-state index contributed by atoms with van der Waals surface area (Å²) in [5.41, 5.74) is 5.70. The summed E-state index contributed by atoms with van der Waals surface area (Å²) in [5.74, 6) is -0.299. The fourth-order valence-corrected chi connectivity index (χ4v) is 0.937. The van der Waals surface area contributed by atoms with E-state index in [1.807, 2.05) is 6.92 Å². The monoisotopic (exact) mass is 224 g/mol. The second kappa shape index (κ2) is 5.35. The molecule has 1 heterocycles. The van der Waals surface area contributed by atoms with Crippen LogP contribution in [0.2, 0.25) is 0 Å². The first-order chi connectivity index (χ1) is 7.11. The average molecular weight is 224 g/mol. The third-order valence-electron chi connectivity index (χ3n) is 1.85. The van der Waals surface area contributed by atoms with Gasteiger partial charge in [0.1, 0.15) is 5.69 Å². The van der Waals surface area contributed by atoms with Gasteiger partial charge in [0.2, 0.25) is 0 Å². The molecule has 0 spiro atoms. The molecule has 1 aromatic rings. The Morgan fingerprint density at radius 3 is 2.93 bits per heavy atom. The number of nitrogens with zero attached hydrogens (tertiary/aromatic N) is 2. The molecule has 0 saturated carbocycles. The lowest BCUT2D eigenvalue weighted by molar-refractivity contribution is 0.0946. The van der Waals surface area contributed by atoms with Crippen LogP contribution in [0, 0.1) is 5.92 Å². The van der Waals surface area contributed by atoms with Crippen LogP contribution in [-0.4, -0.2) is 27.4 Å². The molecule has 15 heavy (non-hydrogen) atoms. The average Bonchev–Trinajstić information content (AvgIpc) is 2.26. The highest BCUT2D eigenvalue weighted by atomic mass is 32.1. The Hall–Kier alpha value is -1.56. The number of hydrogen-bond donors (Lipinski definition) is 2. The second-order valence-electron chi connectivity index (χ2n) is 3.10. The Bertz CT molecular complexity index is 354. The van der Waals surface area contributed by atoms with E-state index in [2.05, 4.69) is 15.3 Å². The van der Waals surface area contributed by atoms with Crippen molar-refractivity contribution in [2.45, 2.75) is 6.92 Å². The van der Waals surface area contributed by atoms with E-state index in [1.54, 1.807) is 0 Å². The number of rotatable bonds is 4. The van der Waals surface area contributed by atoms with Crippen LogP contribution in [0.15, 0.2) is 18.6 Å². The van der Waals surface area contributed by atoms with E-state index in [-0.39, 0.29) is 17.5 Å². The van der Waals surface area contributed by atoms with Gasteiger partial charge in [-0.05, 0) is 0 Å². The molecule has 0 aliphatic heterocycles. The molecule has 5 nitrogen and oxygen atoms in total. The van der Waals surface area contributed by atoms with E-state index in [9.17, 15) is 4.79 Å². The van der Waals surface area contributed by atoms with Crippen molar-refractivity contribution in [2.24, 2.45) is 11.7 Å². The SMILES string of the molecule is CC(CNC(=O)c1cnccn1)C(N)=S. The Labute approximate surface area is 93.1 Å². The molecule has 1 unspecified atom stereocenters. The van der Waals surface area contributed by atoms with Crippen LogP contribution in [0.25, 0.3) is 0 Å². The van der Waals surface area contributed by atoms with Gasteiger partial charge in [-0.2, -0.15) is 0 Å². The molecule has 1 atom stereocenters. The minimum absolute atomic E-state index is 0.0272. The molecule has 0 aromatic carbocycles. The highest BCUT2D eigenvalue weighted by Crippen LogP contribution is 1.94. The van der Waals surface area contributed by atoms with Crippen LogP contribution in [0.3, 0.4) is 0 Å². The normalized spacial score (nSPS) is 11.8. The topological polar surface area (TPSA) is 80.9 Å². The predicted molar refractivity (Wildman–Crippen MR) is 60.3 cm³/mol. The molecule has 0 bridgehead atoms. The maximum Gasteiger partial charge on any atom is 0.271 e. The van der Waals surface area contributed by atoms with E-state index >= 15 is 0 Å². The van der Waals surface area contributed by atoms with E-state index in [0.29, 0.717) is 11.5 Å². The van der Waals surface area contributed by atoms with Crippen molar-refractivity contribution in [3.05, 3.63) is 24.3 Å². The molecule has 0 saturated heterocycles. The summed E-state index contributed by atoms with van der Waals surface area (Å²) in [6.07, 6.45) is 4.38. The summed E-state index contributed by atoms with van der Waals surface area (Å²) < 4.78 is 0. The van der Waals surface area contributed by atoms with Gasteiger partial charge in [0.25, 0.3) is 5.91 Å². The summed E-state index contributed by atoms with van der Waals surface area (Å²) in [6, 6.07) is 0. The fraction of sp³-hybridized carbons (Fsp3) is 0.333. The highest BCUT2D eigenvalue weighted by molar-refractivity contribution is 7.80.